The van der Waals surface area contributed by atoms with Gasteiger partial charge in [0.15, 0.2) is 0 Å². The van der Waals surface area contributed by atoms with Crippen molar-refractivity contribution in [1.29, 1.82) is 0 Å². The zero-order valence-electron chi connectivity index (χ0n) is 11.7. The van der Waals surface area contributed by atoms with Crippen molar-refractivity contribution in [3.05, 3.63) is 0 Å². The van der Waals surface area contributed by atoms with Crippen LogP contribution in [-0.4, -0.2) is 25.7 Å². The van der Waals surface area contributed by atoms with Crippen molar-refractivity contribution in [3.63, 3.8) is 0 Å². The summed E-state index contributed by atoms with van der Waals surface area (Å²) in [5.41, 5.74) is 0.702. The maximum absolute atomic E-state index is 3.72. The summed E-state index contributed by atoms with van der Waals surface area (Å²) in [4.78, 5) is 0. The van der Waals surface area contributed by atoms with Crippen LogP contribution in [0.25, 0.3) is 0 Å². The second kappa shape index (κ2) is 6.19. The fourth-order valence-electron chi connectivity index (χ4n) is 3.36. The van der Waals surface area contributed by atoms with Gasteiger partial charge < -0.3 is 10.6 Å². The SMILES string of the molecule is CCCC1(CNCC2CC(CC)CCN2)CC1. The summed E-state index contributed by atoms with van der Waals surface area (Å²) in [5, 5.41) is 7.38. The fourth-order valence-corrected chi connectivity index (χ4v) is 3.36. The Morgan fingerprint density at radius 1 is 1.29 bits per heavy atom. The van der Waals surface area contributed by atoms with Crippen molar-refractivity contribution in [1.82, 2.24) is 10.6 Å². The highest BCUT2D eigenvalue weighted by Crippen LogP contribution is 2.48. The van der Waals surface area contributed by atoms with Crippen molar-refractivity contribution >= 4 is 0 Å². The molecule has 100 valence electrons. The minimum Gasteiger partial charge on any atom is -0.315 e. The Bertz CT molecular complexity index is 223. The third-order valence-corrected chi connectivity index (χ3v) is 4.81. The molecule has 0 bridgehead atoms. The molecule has 2 atom stereocenters. The lowest BCUT2D eigenvalue weighted by Gasteiger charge is -2.30. The first-order valence-electron chi connectivity index (χ1n) is 7.72. The highest BCUT2D eigenvalue weighted by molar-refractivity contribution is 4.94. The molecule has 0 radical (unpaired) electrons. The molecule has 0 aromatic rings. The standard InChI is InChI=1S/C15H30N2/c1-3-6-15(7-8-15)12-16-11-14-10-13(4-2)5-9-17-14/h13-14,16-17H,3-12H2,1-2H3. The lowest BCUT2D eigenvalue weighted by atomic mass is 9.90. The maximum Gasteiger partial charge on any atom is 0.0195 e. The molecular weight excluding hydrogens is 208 g/mol. The summed E-state index contributed by atoms with van der Waals surface area (Å²) in [6.45, 7) is 8.32. The molecule has 1 aliphatic carbocycles. The number of piperidine rings is 1. The second-order valence-electron chi connectivity index (χ2n) is 6.33. The van der Waals surface area contributed by atoms with Crippen LogP contribution in [0, 0.1) is 11.3 Å². The van der Waals surface area contributed by atoms with Crippen LogP contribution >= 0.6 is 0 Å². The van der Waals surface area contributed by atoms with Gasteiger partial charge in [0.1, 0.15) is 0 Å². The van der Waals surface area contributed by atoms with E-state index in [9.17, 15) is 0 Å². The average molecular weight is 238 g/mol. The van der Waals surface area contributed by atoms with Crippen molar-refractivity contribution in [2.45, 2.75) is 64.8 Å². The molecule has 1 heterocycles. The Morgan fingerprint density at radius 2 is 2.12 bits per heavy atom. The summed E-state index contributed by atoms with van der Waals surface area (Å²) >= 11 is 0. The Balaban J connectivity index is 1.61. The predicted molar refractivity (Wildman–Crippen MR) is 74.3 cm³/mol. The zero-order valence-corrected chi connectivity index (χ0v) is 11.7. The average Bonchev–Trinajstić information content (AvgIpc) is 3.10. The number of hydrogen-bond acceptors (Lipinski definition) is 2. The van der Waals surface area contributed by atoms with Gasteiger partial charge in [0.25, 0.3) is 0 Å². The minimum absolute atomic E-state index is 0.702. The quantitative estimate of drug-likeness (QED) is 0.712. The third-order valence-electron chi connectivity index (χ3n) is 4.81. The summed E-state index contributed by atoms with van der Waals surface area (Å²) in [6.07, 6.45) is 9.82. The van der Waals surface area contributed by atoms with E-state index < -0.39 is 0 Å². The van der Waals surface area contributed by atoms with E-state index in [1.165, 1.54) is 64.6 Å². The van der Waals surface area contributed by atoms with Crippen molar-refractivity contribution in [3.8, 4) is 0 Å². The molecule has 0 aromatic heterocycles. The van der Waals surface area contributed by atoms with Gasteiger partial charge in [0.2, 0.25) is 0 Å². The molecule has 0 aromatic carbocycles. The highest BCUT2D eigenvalue weighted by Gasteiger charge is 2.40. The molecule has 2 unspecified atom stereocenters. The van der Waals surface area contributed by atoms with E-state index in [0.717, 1.165) is 12.0 Å². The normalized spacial score (nSPS) is 31.4. The summed E-state index contributed by atoms with van der Waals surface area (Å²) in [5.74, 6) is 0.966. The van der Waals surface area contributed by atoms with E-state index in [4.69, 9.17) is 0 Å². The number of nitrogens with one attached hydrogen (secondary N) is 2. The van der Waals surface area contributed by atoms with Gasteiger partial charge in [-0.1, -0.05) is 26.7 Å². The highest BCUT2D eigenvalue weighted by atomic mass is 15.0. The molecule has 2 N–H and O–H groups in total. The monoisotopic (exact) mass is 238 g/mol. The second-order valence-corrected chi connectivity index (χ2v) is 6.33. The van der Waals surface area contributed by atoms with E-state index in [0.29, 0.717) is 5.41 Å². The molecule has 2 heteroatoms. The van der Waals surface area contributed by atoms with Crippen LogP contribution in [0.3, 0.4) is 0 Å². The molecular formula is C15H30N2. The fraction of sp³-hybridized carbons (Fsp3) is 1.00. The molecule has 1 saturated heterocycles. The molecule has 2 fully saturated rings. The molecule has 17 heavy (non-hydrogen) atoms. The van der Waals surface area contributed by atoms with E-state index in [2.05, 4.69) is 24.5 Å². The van der Waals surface area contributed by atoms with Crippen LogP contribution in [0.15, 0.2) is 0 Å². The van der Waals surface area contributed by atoms with Crippen LogP contribution in [-0.2, 0) is 0 Å². The Morgan fingerprint density at radius 3 is 2.76 bits per heavy atom. The van der Waals surface area contributed by atoms with Crippen LogP contribution in [0.4, 0.5) is 0 Å². The first kappa shape index (κ1) is 13.4. The first-order chi connectivity index (χ1) is 8.28. The van der Waals surface area contributed by atoms with Crippen molar-refractivity contribution in [2.24, 2.45) is 11.3 Å². The van der Waals surface area contributed by atoms with Gasteiger partial charge >= 0.3 is 0 Å². The van der Waals surface area contributed by atoms with Gasteiger partial charge in [-0.15, -0.1) is 0 Å². The van der Waals surface area contributed by atoms with E-state index in [1.54, 1.807) is 0 Å². The molecule has 1 saturated carbocycles. The van der Waals surface area contributed by atoms with E-state index >= 15 is 0 Å². The summed E-state index contributed by atoms with van der Waals surface area (Å²) in [7, 11) is 0. The number of hydrogen-bond donors (Lipinski definition) is 2. The molecule has 0 amide bonds. The Kier molecular flexibility index (Phi) is 4.87. The van der Waals surface area contributed by atoms with Gasteiger partial charge in [-0.2, -0.15) is 0 Å². The smallest absolute Gasteiger partial charge is 0.0195 e. The van der Waals surface area contributed by atoms with Gasteiger partial charge in [-0.05, 0) is 50.0 Å². The summed E-state index contributed by atoms with van der Waals surface area (Å²) < 4.78 is 0. The zero-order chi connectivity index (χ0) is 12.1. The molecule has 2 rings (SSSR count). The van der Waals surface area contributed by atoms with Gasteiger partial charge in [0, 0.05) is 19.1 Å². The van der Waals surface area contributed by atoms with Gasteiger partial charge in [0.05, 0.1) is 0 Å². The van der Waals surface area contributed by atoms with E-state index in [1.807, 2.05) is 0 Å². The third kappa shape index (κ3) is 3.96. The molecule has 2 aliphatic rings. The molecule has 0 spiro atoms. The van der Waals surface area contributed by atoms with Crippen LogP contribution in [0.5, 0.6) is 0 Å². The van der Waals surface area contributed by atoms with Crippen molar-refractivity contribution in [2.75, 3.05) is 19.6 Å². The largest absolute Gasteiger partial charge is 0.315 e. The van der Waals surface area contributed by atoms with Crippen LogP contribution in [0.2, 0.25) is 0 Å². The van der Waals surface area contributed by atoms with Crippen LogP contribution < -0.4 is 10.6 Å². The predicted octanol–water partition coefficient (Wildman–Crippen LogP) is 2.93. The Hall–Kier alpha value is -0.0800. The molecule has 1 aliphatic heterocycles. The van der Waals surface area contributed by atoms with Gasteiger partial charge in [-0.3, -0.25) is 0 Å². The van der Waals surface area contributed by atoms with Gasteiger partial charge in [-0.25, -0.2) is 0 Å². The lowest BCUT2D eigenvalue weighted by Crippen LogP contribution is -2.45. The topological polar surface area (TPSA) is 24.1 Å². The Labute approximate surface area is 107 Å². The van der Waals surface area contributed by atoms with Crippen molar-refractivity contribution < 1.29 is 0 Å². The first-order valence-corrected chi connectivity index (χ1v) is 7.72. The minimum atomic E-state index is 0.702. The molecule has 2 nitrogen and oxygen atoms in total. The lowest BCUT2D eigenvalue weighted by molar-refractivity contribution is 0.281. The summed E-state index contributed by atoms with van der Waals surface area (Å²) in [6, 6.07) is 0.728. The maximum atomic E-state index is 3.72. The van der Waals surface area contributed by atoms with E-state index in [-0.39, 0.29) is 0 Å². The van der Waals surface area contributed by atoms with Crippen LogP contribution in [0.1, 0.15) is 58.8 Å². The number of rotatable bonds is 7.